The van der Waals surface area contributed by atoms with Crippen LogP contribution in [0, 0.1) is 0 Å². The minimum Gasteiger partial charge on any atom is -0.507 e. The number of aromatic nitrogens is 1. The average Bonchev–Trinajstić information content (AvgIpc) is 3.21. The van der Waals surface area contributed by atoms with Crippen molar-refractivity contribution >= 4 is 49.3 Å². The van der Waals surface area contributed by atoms with E-state index in [4.69, 9.17) is 0 Å². The van der Waals surface area contributed by atoms with E-state index in [2.05, 4.69) is 61.1 Å². The Balaban J connectivity index is 1.54. The molecule has 0 radical (unpaired) electrons. The second-order valence-electron chi connectivity index (χ2n) is 6.19. The largest absolute Gasteiger partial charge is 0.507 e. The Morgan fingerprint density at radius 1 is 1.11 bits per heavy atom. The third-order valence-corrected chi connectivity index (χ3v) is 5.60. The van der Waals surface area contributed by atoms with Crippen molar-refractivity contribution in [2.45, 2.75) is 6.54 Å². The minimum absolute atomic E-state index is 0.0785. The third-order valence-electron chi connectivity index (χ3n) is 4.44. The molecule has 0 saturated carbocycles. The SMILES string of the molecule is O=C(NBr)c1cc(-c2csc(NCc3cccc4ccccc34)n2)ccc1O. The number of carbonyl (C=O) groups is 1. The molecule has 1 heterocycles. The lowest BCUT2D eigenvalue weighted by Gasteiger charge is -2.07. The van der Waals surface area contributed by atoms with Crippen molar-refractivity contribution < 1.29 is 9.90 Å². The van der Waals surface area contributed by atoms with Crippen LogP contribution in [0.4, 0.5) is 5.13 Å². The van der Waals surface area contributed by atoms with Crippen LogP contribution in [0.1, 0.15) is 15.9 Å². The maximum atomic E-state index is 11.8. The van der Waals surface area contributed by atoms with Crippen molar-refractivity contribution in [3.8, 4) is 17.0 Å². The van der Waals surface area contributed by atoms with Crippen LogP contribution in [0.5, 0.6) is 5.75 Å². The van der Waals surface area contributed by atoms with Gasteiger partial charge in [0.05, 0.1) is 11.3 Å². The normalized spacial score (nSPS) is 10.8. The summed E-state index contributed by atoms with van der Waals surface area (Å²) in [5.74, 6) is -0.492. The second kappa shape index (κ2) is 8.00. The van der Waals surface area contributed by atoms with E-state index < -0.39 is 5.91 Å². The molecule has 1 aromatic heterocycles. The van der Waals surface area contributed by atoms with Crippen LogP contribution in [0.2, 0.25) is 0 Å². The van der Waals surface area contributed by atoms with Gasteiger partial charge in [-0.05, 0) is 34.5 Å². The van der Waals surface area contributed by atoms with Crippen molar-refractivity contribution in [3.63, 3.8) is 0 Å². The second-order valence-corrected chi connectivity index (χ2v) is 7.44. The molecule has 3 aromatic carbocycles. The summed E-state index contributed by atoms with van der Waals surface area (Å²) < 4.78 is 2.34. The minimum atomic E-state index is -0.413. The molecule has 0 aliphatic heterocycles. The van der Waals surface area contributed by atoms with Gasteiger partial charge in [0, 0.05) is 33.6 Å². The monoisotopic (exact) mass is 453 g/mol. The fourth-order valence-electron chi connectivity index (χ4n) is 3.03. The number of amides is 1. The van der Waals surface area contributed by atoms with E-state index in [0.29, 0.717) is 6.54 Å². The van der Waals surface area contributed by atoms with E-state index in [9.17, 15) is 9.90 Å². The molecule has 28 heavy (non-hydrogen) atoms. The molecule has 0 fully saturated rings. The van der Waals surface area contributed by atoms with Crippen LogP contribution in [-0.2, 0) is 6.54 Å². The van der Waals surface area contributed by atoms with Gasteiger partial charge in [-0.1, -0.05) is 42.5 Å². The molecule has 0 bridgehead atoms. The third kappa shape index (κ3) is 3.72. The highest BCUT2D eigenvalue weighted by Gasteiger charge is 2.13. The first-order valence-electron chi connectivity index (χ1n) is 8.56. The standard InChI is InChI=1S/C21H16BrN3O2S/c22-25-20(27)17-10-14(8-9-19(17)26)18-12-28-21(24-18)23-11-15-6-3-5-13-4-1-2-7-16(13)15/h1-10,12,26H,11H2,(H,23,24)(H,25,27). The van der Waals surface area contributed by atoms with Crippen molar-refractivity contribution in [1.29, 1.82) is 0 Å². The number of nitrogens with zero attached hydrogens (tertiary/aromatic N) is 1. The number of anilines is 1. The summed E-state index contributed by atoms with van der Waals surface area (Å²) >= 11 is 4.39. The van der Waals surface area contributed by atoms with Gasteiger partial charge in [0.1, 0.15) is 5.75 Å². The predicted octanol–water partition coefficient (Wildman–Crippen LogP) is 5.32. The first-order chi connectivity index (χ1) is 13.7. The maximum absolute atomic E-state index is 11.8. The molecular weight excluding hydrogens is 438 g/mol. The smallest absolute Gasteiger partial charge is 0.264 e. The summed E-state index contributed by atoms with van der Waals surface area (Å²) in [5.41, 5.74) is 2.90. The van der Waals surface area contributed by atoms with E-state index in [1.165, 1.54) is 33.7 Å². The molecule has 0 spiro atoms. The highest BCUT2D eigenvalue weighted by atomic mass is 79.9. The molecule has 140 valence electrons. The Morgan fingerprint density at radius 2 is 1.93 bits per heavy atom. The topological polar surface area (TPSA) is 74.2 Å². The number of thiazole rings is 1. The van der Waals surface area contributed by atoms with Gasteiger partial charge in [-0.15, -0.1) is 11.3 Å². The number of aromatic hydroxyl groups is 1. The van der Waals surface area contributed by atoms with E-state index in [0.717, 1.165) is 16.4 Å². The Morgan fingerprint density at radius 3 is 2.79 bits per heavy atom. The van der Waals surface area contributed by atoms with Crippen LogP contribution >= 0.6 is 27.5 Å². The van der Waals surface area contributed by atoms with Gasteiger partial charge in [-0.25, -0.2) is 4.98 Å². The van der Waals surface area contributed by atoms with Gasteiger partial charge >= 0.3 is 0 Å². The molecule has 0 unspecified atom stereocenters. The molecule has 5 nitrogen and oxygen atoms in total. The van der Waals surface area contributed by atoms with Gasteiger partial charge < -0.3 is 10.4 Å². The summed E-state index contributed by atoms with van der Waals surface area (Å²) in [4.78, 5) is 16.5. The molecule has 4 rings (SSSR count). The zero-order valence-electron chi connectivity index (χ0n) is 14.6. The molecule has 0 aliphatic rings. The lowest BCUT2D eigenvalue weighted by atomic mass is 10.0. The summed E-state index contributed by atoms with van der Waals surface area (Å²) in [5, 5.41) is 18.4. The Hall–Kier alpha value is -2.90. The highest BCUT2D eigenvalue weighted by Crippen LogP contribution is 2.29. The van der Waals surface area contributed by atoms with E-state index in [1.54, 1.807) is 12.1 Å². The number of phenols is 1. The number of hydrogen-bond acceptors (Lipinski definition) is 5. The summed E-state index contributed by atoms with van der Waals surface area (Å²) in [6.07, 6.45) is 0. The van der Waals surface area contributed by atoms with E-state index in [1.807, 2.05) is 17.5 Å². The van der Waals surface area contributed by atoms with Gasteiger partial charge in [-0.2, -0.15) is 0 Å². The van der Waals surface area contributed by atoms with Gasteiger partial charge in [0.15, 0.2) is 5.13 Å². The van der Waals surface area contributed by atoms with Crippen molar-refractivity contribution in [3.05, 3.63) is 77.2 Å². The number of halogens is 1. The molecule has 7 heteroatoms. The van der Waals surface area contributed by atoms with Gasteiger partial charge in [0.2, 0.25) is 0 Å². The van der Waals surface area contributed by atoms with Crippen molar-refractivity contribution in [2.75, 3.05) is 5.32 Å². The zero-order valence-corrected chi connectivity index (χ0v) is 17.0. The molecule has 0 aliphatic carbocycles. The number of phenolic OH excluding ortho intramolecular Hbond substituents is 1. The van der Waals surface area contributed by atoms with Crippen molar-refractivity contribution in [2.24, 2.45) is 0 Å². The maximum Gasteiger partial charge on any atom is 0.264 e. The predicted molar refractivity (Wildman–Crippen MR) is 117 cm³/mol. The van der Waals surface area contributed by atoms with Crippen LogP contribution in [0.3, 0.4) is 0 Å². The molecule has 3 N–H and O–H groups in total. The van der Waals surface area contributed by atoms with Gasteiger partial charge in [-0.3, -0.25) is 9.14 Å². The van der Waals surface area contributed by atoms with Gasteiger partial charge in [0.25, 0.3) is 5.91 Å². The van der Waals surface area contributed by atoms with Crippen LogP contribution in [-0.4, -0.2) is 16.0 Å². The molecule has 0 atom stereocenters. The average molecular weight is 454 g/mol. The Bertz CT molecular complexity index is 1150. The van der Waals surface area contributed by atoms with Crippen LogP contribution in [0.15, 0.2) is 66.0 Å². The van der Waals surface area contributed by atoms with E-state index in [-0.39, 0.29) is 11.3 Å². The Labute approximate surface area is 174 Å². The zero-order chi connectivity index (χ0) is 19.5. The molecule has 4 aromatic rings. The lowest BCUT2D eigenvalue weighted by Crippen LogP contribution is -2.12. The number of rotatable bonds is 5. The lowest BCUT2D eigenvalue weighted by molar-refractivity contribution is 0.0984. The summed E-state index contributed by atoms with van der Waals surface area (Å²) in [7, 11) is 0. The van der Waals surface area contributed by atoms with Crippen LogP contribution in [0.25, 0.3) is 22.0 Å². The quantitative estimate of drug-likeness (QED) is 0.357. The number of carbonyl (C=O) groups excluding carboxylic acids is 1. The molecule has 1 amide bonds. The Kier molecular flexibility index (Phi) is 5.27. The van der Waals surface area contributed by atoms with Crippen LogP contribution < -0.4 is 9.66 Å². The fraction of sp³-hybridized carbons (Fsp3) is 0.0476. The highest BCUT2D eigenvalue weighted by molar-refractivity contribution is 9.08. The number of nitrogens with one attached hydrogen (secondary N) is 2. The number of hydrogen-bond donors (Lipinski definition) is 3. The van der Waals surface area contributed by atoms with E-state index >= 15 is 0 Å². The first kappa shape index (κ1) is 18.5. The molecular formula is C21H16BrN3O2S. The molecule has 0 saturated heterocycles. The van der Waals surface area contributed by atoms with Crippen molar-refractivity contribution in [1.82, 2.24) is 9.33 Å². The summed E-state index contributed by atoms with van der Waals surface area (Å²) in [6.45, 7) is 0.668. The summed E-state index contributed by atoms with van der Waals surface area (Å²) in [6, 6.07) is 19.4. The number of fused-ring (bicyclic) bond motifs is 1. The fourth-order valence-corrected chi connectivity index (χ4v) is 3.97. The number of benzene rings is 3. The first-order valence-corrected chi connectivity index (χ1v) is 10.2.